The molecule has 20 heteroatoms. The van der Waals surface area contributed by atoms with Crippen LogP contribution >= 0.6 is 23.2 Å². The molecule has 0 heterocycles. The monoisotopic (exact) mass is 774 g/mol. The fourth-order valence-corrected chi connectivity index (χ4v) is 4.55. The first-order valence-corrected chi connectivity index (χ1v) is 14.8. The van der Waals surface area contributed by atoms with Gasteiger partial charge in [-0.2, -0.15) is 26.3 Å². The SMILES string of the molecule is O=C(OCC=CCOC(=O)c1cc(Oc2ccc(C(F)(F)F)cc2Cl)ccc1[N+](=O)[O-])c1cc(Oc2ccc(C(F)(F)F)cc2Cl)ccc1[N+](=O)[O-]. The van der Waals surface area contributed by atoms with Crippen molar-refractivity contribution in [2.45, 2.75) is 12.4 Å². The Bertz CT molecular complexity index is 1930. The number of hydrogen-bond acceptors (Lipinski definition) is 10. The Kier molecular flexibility index (Phi) is 12.0. The van der Waals surface area contributed by atoms with Gasteiger partial charge in [-0.1, -0.05) is 23.2 Å². The van der Waals surface area contributed by atoms with E-state index in [2.05, 4.69) is 0 Å². The van der Waals surface area contributed by atoms with E-state index in [-0.39, 0.29) is 23.0 Å². The van der Waals surface area contributed by atoms with Gasteiger partial charge in [0.05, 0.1) is 31.0 Å². The van der Waals surface area contributed by atoms with Gasteiger partial charge in [-0.15, -0.1) is 0 Å². The molecule has 0 aliphatic heterocycles. The lowest BCUT2D eigenvalue weighted by Crippen LogP contribution is -2.10. The molecule has 0 atom stereocenters. The molecule has 4 aromatic carbocycles. The number of halogens is 8. The van der Waals surface area contributed by atoms with Crippen LogP contribution in [0.5, 0.6) is 23.0 Å². The molecule has 0 fully saturated rings. The zero-order valence-corrected chi connectivity index (χ0v) is 27.0. The first-order chi connectivity index (χ1) is 24.3. The quantitative estimate of drug-likeness (QED) is 0.0446. The molecule has 0 saturated carbocycles. The van der Waals surface area contributed by atoms with Crippen LogP contribution < -0.4 is 9.47 Å². The van der Waals surface area contributed by atoms with Crippen molar-refractivity contribution in [1.29, 1.82) is 0 Å². The standard InChI is InChI=1S/C32H18Cl2F6N2O10/c33-23-13-17(31(35,36)37)3-9-27(23)51-19-5-7-25(41(45)46)21(15-19)29(43)49-11-1-2-12-50-30(44)22-16-20(6-8-26(22)42(47)48)52-28-10-4-18(14-24(28)34)32(38,39)40/h1-10,13-16H,11-12H2. The summed E-state index contributed by atoms with van der Waals surface area (Å²) in [4.78, 5) is 46.6. The molecule has 0 aliphatic carbocycles. The third-order valence-corrected chi connectivity index (χ3v) is 7.12. The summed E-state index contributed by atoms with van der Waals surface area (Å²) in [5, 5.41) is 22.1. The highest BCUT2D eigenvalue weighted by atomic mass is 35.5. The Labute approximate surface area is 297 Å². The van der Waals surface area contributed by atoms with Gasteiger partial charge < -0.3 is 18.9 Å². The van der Waals surface area contributed by atoms with E-state index in [1.807, 2.05) is 0 Å². The first-order valence-electron chi connectivity index (χ1n) is 14.0. The van der Waals surface area contributed by atoms with E-state index in [0.29, 0.717) is 24.3 Å². The first kappa shape index (κ1) is 38.9. The summed E-state index contributed by atoms with van der Waals surface area (Å²) in [5.74, 6) is -3.31. The van der Waals surface area contributed by atoms with Gasteiger partial charge in [0.25, 0.3) is 11.4 Å². The van der Waals surface area contributed by atoms with Gasteiger partial charge in [0, 0.05) is 24.3 Å². The highest BCUT2D eigenvalue weighted by Gasteiger charge is 2.32. The van der Waals surface area contributed by atoms with Crippen molar-refractivity contribution >= 4 is 46.5 Å². The third-order valence-electron chi connectivity index (χ3n) is 6.53. The number of nitro benzene ring substituents is 2. The summed E-state index contributed by atoms with van der Waals surface area (Å²) in [7, 11) is 0. The van der Waals surface area contributed by atoms with Crippen LogP contribution in [0.15, 0.2) is 84.9 Å². The number of alkyl halides is 6. The van der Waals surface area contributed by atoms with Crippen molar-refractivity contribution in [3.05, 3.63) is 137 Å². The van der Waals surface area contributed by atoms with E-state index < -0.39 is 91.0 Å². The Morgan fingerprint density at radius 3 is 1.29 bits per heavy atom. The molecule has 0 aliphatic rings. The van der Waals surface area contributed by atoms with Crippen LogP contribution in [0.25, 0.3) is 0 Å². The molecule has 0 amide bonds. The van der Waals surface area contributed by atoms with E-state index >= 15 is 0 Å². The number of benzene rings is 4. The summed E-state index contributed by atoms with van der Waals surface area (Å²) in [6.45, 7) is -1.03. The topological polar surface area (TPSA) is 157 Å². The molecule has 4 rings (SSSR count). The van der Waals surface area contributed by atoms with Crippen molar-refractivity contribution in [1.82, 2.24) is 0 Å². The van der Waals surface area contributed by atoms with Gasteiger partial charge in [-0.25, -0.2) is 9.59 Å². The number of carbonyl (C=O) groups is 2. The smallest absolute Gasteiger partial charge is 0.416 e. The van der Waals surface area contributed by atoms with E-state index in [1.54, 1.807) is 0 Å². The summed E-state index contributed by atoms with van der Waals surface area (Å²) >= 11 is 11.8. The number of esters is 2. The molecule has 0 aromatic heterocycles. The van der Waals surface area contributed by atoms with Crippen LogP contribution in [0.3, 0.4) is 0 Å². The number of hydrogen-bond donors (Lipinski definition) is 0. The molecule has 52 heavy (non-hydrogen) atoms. The van der Waals surface area contributed by atoms with E-state index in [0.717, 1.165) is 48.5 Å². The van der Waals surface area contributed by atoms with Crippen molar-refractivity contribution in [2.75, 3.05) is 13.2 Å². The Morgan fingerprint density at radius 2 is 0.981 bits per heavy atom. The minimum atomic E-state index is -4.68. The van der Waals surface area contributed by atoms with Gasteiger partial charge in [-0.05, 0) is 60.7 Å². The highest BCUT2D eigenvalue weighted by molar-refractivity contribution is 6.32. The number of carbonyl (C=O) groups excluding carboxylic acids is 2. The zero-order chi connectivity index (χ0) is 38.4. The fraction of sp³-hybridized carbons (Fsp3) is 0.125. The number of nitrogens with zero attached hydrogens (tertiary/aromatic N) is 2. The van der Waals surface area contributed by atoms with Gasteiger partial charge in [0.1, 0.15) is 47.3 Å². The molecule has 0 radical (unpaired) electrons. The minimum Gasteiger partial charge on any atom is -0.458 e. The molecule has 0 saturated heterocycles. The van der Waals surface area contributed by atoms with Crippen LogP contribution in [-0.4, -0.2) is 35.0 Å². The maximum Gasteiger partial charge on any atom is 0.416 e. The third kappa shape index (κ3) is 9.88. The fourth-order valence-electron chi connectivity index (χ4n) is 4.12. The number of nitro groups is 2. The lowest BCUT2D eigenvalue weighted by atomic mass is 10.1. The maximum atomic E-state index is 12.9. The van der Waals surface area contributed by atoms with Crippen LogP contribution in [0.2, 0.25) is 10.0 Å². The molecule has 0 spiro atoms. The second-order valence-corrected chi connectivity index (χ2v) is 10.8. The Morgan fingerprint density at radius 1 is 0.615 bits per heavy atom. The van der Waals surface area contributed by atoms with Gasteiger partial charge in [0.2, 0.25) is 0 Å². The summed E-state index contributed by atoms with van der Waals surface area (Å²) in [5.41, 5.74) is -4.66. The second kappa shape index (κ2) is 16.0. The normalized spacial score (nSPS) is 11.6. The number of ether oxygens (including phenoxy) is 4. The lowest BCUT2D eigenvalue weighted by Gasteiger charge is -2.12. The van der Waals surface area contributed by atoms with Gasteiger partial charge >= 0.3 is 24.3 Å². The molecule has 12 nitrogen and oxygen atoms in total. The summed E-state index contributed by atoms with van der Waals surface area (Å²) in [6, 6.07) is 10.2. The van der Waals surface area contributed by atoms with Crippen molar-refractivity contribution in [2.24, 2.45) is 0 Å². The summed E-state index contributed by atoms with van der Waals surface area (Å²) in [6.07, 6.45) is -7.02. The second-order valence-electron chi connectivity index (χ2n) is 10.0. The maximum absolute atomic E-state index is 12.9. The number of rotatable bonds is 12. The van der Waals surface area contributed by atoms with Crippen LogP contribution in [-0.2, 0) is 21.8 Å². The molecular formula is C32H18Cl2F6N2O10. The van der Waals surface area contributed by atoms with Gasteiger partial charge in [-0.3, -0.25) is 20.2 Å². The van der Waals surface area contributed by atoms with E-state index in [4.69, 9.17) is 42.1 Å². The van der Waals surface area contributed by atoms with Crippen LogP contribution in [0.4, 0.5) is 37.7 Å². The predicted octanol–water partition coefficient (Wildman–Crippen LogP) is 10.0. The molecular weight excluding hydrogens is 757 g/mol. The zero-order valence-electron chi connectivity index (χ0n) is 25.5. The van der Waals surface area contributed by atoms with Crippen molar-refractivity contribution < 1.29 is 64.7 Å². The minimum absolute atomic E-state index is 0.201. The molecule has 0 N–H and O–H groups in total. The van der Waals surface area contributed by atoms with Crippen LogP contribution in [0.1, 0.15) is 31.8 Å². The van der Waals surface area contributed by atoms with Crippen molar-refractivity contribution in [3.8, 4) is 23.0 Å². The molecule has 4 aromatic rings. The molecule has 0 unspecified atom stereocenters. The van der Waals surface area contributed by atoms with Crippen LogP contribution in [0, 0.1) is 20.2 Å². The molecule has 272 valence electrons. The van der Waals surface area contributed by atoms with Crippen molar-refractivity contribution in [3.63, 3.8) is 0 Å². The largest absolute Gasteiger partial charge is 0.458 e. The van der Waals surface area contributed by atoms with E-state index in [9.17, 15) is 56.2 Å². The predicted molar refractivity (Wildman–Crippen MR) is 169 cm³/mol. The Hall–Kier alpha value is -5.88. The molecule has 0 bridgehead atoms. The Balaban J connectivity index is 1.38. The average Bonchev–Trinajstić information content (AvgIpc) is 3.06. The van der Waals surface area contributed by atoms with E-state index in [1.165, 1.54) is 12.2 Å². The average molecular weight is 775 g/mol. The van der Waals surface area contributed by atoms with Gasteiger partial charge in [0.15, 0.2) is 0 Å². The highest BCUT2D eigenvalue weighted by Crippen LogP contribution is 2.39. The lowest BCUT2D eigenvalue weighted by molar-refractivity contribution is -0.385. The summed E-state index contributed by atoms with van der Waals surface area (Å²) < 4.78 is 98.4.